The summed E-state index contributed by atoms with van der Waals surface area (Å²) in [5.74, 6) is 0. The van der Waals surface area contributed by atoms with Crippen molar-refractivity contribution < 1.29 is 0 Å². The average molecular weight is 728 g/mol. The number of hydrogen-bond acceptors (Lipinski definition) is 7. The molecular weight excluding hydrogens is 627 g/mol. The van der Waals surface area contributed by atoms with E-state index >= 15 is 0 Å². The Balaban J connectivity index is -0.000000592. The monoisotopic (exact) mass is 728 g/mol. The summed E-state index contributed by atoms with van der Waals surface area (Å²) in [4.78, 5) is 17.4. The van der Waals surface area contributed by atoms with Gasteiger partial charge >= 0.3 is 0 Å². The van der Waals surface area contributed by atoms with Gasteiger partial charge < -0.3 is 19.6 Å². The Bertz CT molecular complexity index is 802. The fourth-order valence-electron chi connectivity index (χ4n) is 7.25. The van der Waals surface area contributed by atoms with Gasteiger partial charge in [0.2, 0.25) is 0 Å². The lowest BCUT2D eigenvalue weighted by Crippen LogP contribution is -2.52. The Hall–Kier alpha value is -0.280. The topological polar surface area (TPSA) is 22.7 Å². The van der Waals surface area contributed by atoms with Gasteiger partial charge in [0.1, 0.15) is 0 Å². The summed E-state index contributed by atoms with van der Waals surface area (Å²) < 4.78 is 0. The standard InChI is InChI=1S/2C11H24N2.C10H21N.C9H20N2.3CH4/c1-11(2,3)13(5)10-6-8-12(4)9-7-10;1-11(2,3)13-8-6-10(7-9-13)12(4)5;1-10(2,3)9-11-7-5-4-6-8-11;1-9(2,3)11-7-5-10(4)6-8-11;;;/h2*10H,6-9H2,1-5H3;4-9H2,1-3H3;5-8H2,1-4H3;3*1H4. The molecule has 0 aliphatic carbocycles. The zero-order valence-electron chi connectivity index (χ0n) is 36.0. The third kappa shape index (κ3) is 24.0. The Morgan fingerprint density at radius 2 is 0.843 bits per heavy atom. The van der Waals surface area contributed by atoms with Gasteiger partial charge in [0, 0.05) is 74.5 Å². The van der Waals surface area contributed by atoms with Crippen molar-refractivity contribution in [3.05, 3.63) is 0 Å². The minimum Gasteiger partial charge on any atom is -0.306 e. The summed E-state index contributed by atoms with van der Waals surface area (Å²) in [7, 11) is 11.1. The Kier molecular flexibility index (Phi) is 27.0. The molecule has 7 heteroatoms. The van der Waals surface area contributed by atoms with E-state index in [1.165, 1.54) is 117 Å². The maximum absolute atomic E-state index is 2.60. The van der Waals surface area contributed by atoms with Crippen molar-refractivity contribution >= 4 is 0 Å². The van der Waals surface area contributed by atoms with Crippen molar-refractivity contribution in [2.75, 3.05) is 107 Å². The van der Waals surface area contributed by atoms with Gasteiger partial charge in [-0.15, -0.1) is 0 Å². The molecule has 4 aliphatic heterocycles. The molecule has 0 N–H and O–H groups in total. The Labute approximate surface area is 325 Å². The lowest BCUT2D eigenvalue weighted by atomic mass is 9.95. The van der Waals surface area contributed by atoms with Crippen molar-refractivity contribution in [3.8, 4) is 0 Å². The van der Waals surface area contributed by atoms with Crippen molar-refractivity contribution in [3.63, 3.8) is 0 Å². The van der Waals surface area contributed by atoms with Gasteiger partial charge in [-0.05, 0) is 168 Å². The molecule has 51 heavy (non-hydrogen) atoms. The predicted octanol–water partition coefficient (Wildman–Crippen LogP) is 9.08. The quantitative estimate of drug-likeness (QED) is 0.286. The minimum absolute atomic E-state index is 0. The zero-order chi connectivity index (χ0) is 36.9. The van der Waals surface area contributed by atoms with Crippen LogP contribution in [0.15, 0.2) is 0 Å². The second-order valence-electron chi connectivity index (χ2n) is 20.0. The highest BCUT2D eigenvalue weighted by Crippen LogP contribution is 2.23. The molecule has 0 aromatic heterocycles. The van der Waals surface area contributed by atoms with Crippen LogP contribution in [-0.4, -0.2) is 170 Å². The molecule has 4 heterocycles. The van der Waals surface area contributed by atoms with E-state index in [4.69, 9.17) is 0 Å². The second-order valence-corrected chi connectivity index (χ2v) is 20.0. The molecule has 0 unspecified atom stereocenters. The lowest BCUT2D eigenvalue weighted by Gasteiger charge is -2.42. The fourth-order valence-corrected chi connectivity index (χ4v) is 7.25. The number of likely N-dealkylation sites (tertiary alicyclic amines) is 3. The van der Waals surface area contributed by atoms with Crippen LogP contribution < -0.4 is 0 Å². The molecule has 4 aliphatic rings. The number of piperidine rings is 3. The summed E-state index contributed by atoms with van der Waals surface area (Å²) >= 11 is 0. The van der Waals surface area contributed by atoms with E-state index in [2.05, 4.69) is 153 Å². The Morgan fingerprint density at radius 3 is 1.20 bits per heavy atom. The van der Waals surface area contributed by atoms with Gasteiger partial charge in [-0.2, -0.15) is 0 Å². The summed E-state index contributed by atoms with van der Waals surface area (Å²) in [6, 6.07) is 1.59. The van der Waals surface area contributed by atoms with Gasteiger partial charge in [0.15, 0.2) is 0 Å². The largest absolute Gasteiger partial charge is 0.306 e. The summed E-state index contributed by atoms with van der Waals surface area (Å²) in [5, 5.41) is 0. The van der Waals surface area contributed by atoms with E-state index in [1.807, 2.05) is 0 Å². The highest BCUT2D eigenvalue weighted by atomic mass is 15.3. The molecule has 0 aromatic carbocycles. The molecule has 0 radical (unpaired) electrons. The number of nitrogens with zero attached hydrogens (tertiary/aromatic N) is 7. The molecule has 7 nitrogen and oxygen atoms in total. The molecule has 0 bridgehead atoms. The molecule has 0 atom stereocenters. The number of rotatable bonds is 3. The summed E-state index contributed by atoms with van der Waals surface area (Å²) in [6.45, 7) is 41.5. The minimum atomic E-state index is 0. The number of likely N-dealkylation sites (N-methyl/N-ethyl adjacent to an activating group) is 1. The van der Waals surface area contributed by atoms with Crippen LogP contribution in [0, 0.1) is 5.41 Å². The first-order chi connectivity index (χ1) is 21.9. The first-order valence-electron chi connectivity index (χ1n) is 19.9. The highest BCUT2D eigenvalue weighted by molar-refractivity contribution is 4.85. The third-order valence-electron chi connectivity index (χ3n) is 11.0. The zero-order valence-corrected chi connectivity index (χ0v) is 36.0. The van der Waals surface area contributed by atoms with Crippen molar-refractivity contribution in [1.29, 1.82) is 0 Å². The van der Waals surface area contributed by atoms with Gasteiger partial charge in [0.05, 0.1) is 0 Å². The molecule has 0 aromatic rings. The highest BCUT2D eigenvalue weighted by Gasteiger charge is 2.29. The second kappa shape index (κ2) is 25.0. The van der Waals surface area contributed by atoms with Crippen molar-refractivity contribution in [2.24, 2.45) is 5.41 Å². The van der Waals surface area contributed by atoms with Crippen LogP contribution in [-0.2, 0) is 0 Å². The molecular formula is C44H101N7. The smallest absolute Gasteiger partial charge is 0.0126 e. The third-order valence-corrected chi connectivity index (χ3v) is 11.0. The van der Waals surface area contributed by atoms with Crippen LogP contribution in [0.3, 0.4) is 0 Å². The van der Waals surface area contributed by atoms with Crippen molar-refractivity contribution in [1.82, 2.24) is 34.3 Å². The first-order valence-corrected chi connectivity index (χ1v) is 19.9. The van der Waals surface area contributed by atoms with Crippen LogP contribution in [0.25, 0.3) is 0 Å². The van der Waals surface area contributed by atoms with E-state index in [-0.39, 0.29) is 22.3 Å². The van der Waals surface area contributed by atoms with Gasteiger partial charge in [-0.1, -0.05) is 49.5 Å². The maximum Gasteiger partial charge on any atom is 0.0126 e. The van der Waals surface area contributed by atoms with E-state index in [9.17, 15) is 0 Å². The molecule has 0 amide bonds. The van der Waals surface area contributed by atoms with Crippen LogP contribution in [0.4, 0.5) is 0 Å². The van der Waals surface area contributed by atoms with Crippen molar-refractivity contribution in [2.45, 2.75) is 179 Å². The molecule has 0 saturated carbocycles. The summed E-state index contributed by atoms with van der Waals surface area (Å²) in [5.41, 5.74) is 1.52. The van der Waals surface area contributed by atoms with Gasteiger partial charge in [-0.25, -0.2) is 0 Å². The van der Waals surface area contributed by atoms with Gasteiger partial charge in [0.25, 0.3) is 0 Å². The van der Waals surface area contributed by atoms with E-state index in [0.29, 0.717) is 22.0 Å². The summed E-state index contributed by atoms with van der Waals surface area (Å²) in [6.07, 6.45) is 9.57. The van der Waals surface area contributed by atoms with Crippen LogP contribution in [0.2, 0.25) is 0 Å². The Morgan fingerprint density at radius 1 is 0.471 bits per heavy atom. The molecule has 4 fully saturated rings. The molecule has 0 spiro atoms. The van der Waals surface area contributed by atoms with Gasteiger partial charge in [-0.3, -0.25) is 14.7 Å². The number of piperazine rings is 1. The van der Waals surface area contributed by atoms with E-state index in [1.54, 1.807) is 0 Å². The molecule has 4 rings (SSSR count). The van der Waals surface area contributed by atoms with Crippen LogP contribution in [0.5, 0.6) is 0 Å². The molecule has 312 valence electrons. The lowest BCUT2D eigenvalue weighted by molar-refractivity contribution is 0.0713. The average Bonchev–Trinajstić information content (AvgIpc) is 2.97. The van der Waals surface area contributed by atoms with E-state index < -0.39 is 0 Å². The number of hydrogen-bond donors (Lipinski definition) is 0. The van der Waals surface area contributed by atoms with E-state index in [0.717, 1.165) is 12.1 Å². The maximum atomic E-state index is 2.60. The SMILES string of the molecule is C.C.C.CC(C)(C)CN1CCCCC1.CN(C)C1CCN(C(C)(C)C)CC1.CN1CCC(N(C)C(C)(C)C)CC1.CN1CCN(C(C)(C)C)CC1. The first kappa shape index (κ1) is 55.1. The fraction of sp³-hybridized carbons (Fsp3) is 1.00. The molecule has 4 saturated heterocycles. The van der Waals surface area contributed by atoms with Crippen LogP contribution >= 0.6 is 0 Å². The normalized spacial score (nSPS) is 21.5. The predicted molar refractivity (Wildman–Crippen MR) is 235 cm³/mol. The van der Waals surface area contributed by atoms with Crippen LogP contribution in [0.1, 0.15) is 150 Å².